The minimum atomic E-state index is 0.836. The van der Waals surface area contributed by atoms with Crippen molar-refractivity contribution in [2.24, 2.45) is 0 Å². The van der Waals surface area contributed by atoms with Crippen LogP contribution >= 0.6 is 0 Å². The lowest BCUT2D eigenvalue weighted by Gasteiger charge is -2.17. The molecule has 0 N–H and O–H groups in total. The quantitative estimate of drug-likeness (QED) is 0.512. The molecule has 0 aromatic heterocycles. The summed E-state index contributed by atoms with van der Waals surface area (Å²) in [6.45, 7) is 0. The second-order valence-corrected chi connectivity index (χ2v) is 3.69. The summed E-state index contributed by atoms with van der Waals surface area (Å²) in [5.74, 6) is 0. The predicted octanol–water partition coefficient (Wildman–Crippen LogP) is 2.78. The maximum atomic E-state index is 10.3. The number of carbonyl (C=O) groups excluding carboxylic acids is 1. The van der Waals surface area contributed by atoms with E-state index in [1.807, 2.05) is 6.08 Å². The molecular weight excluding hydrogens is 172 g/mol. The molecule has 1 nitrogen and oxygen atoms in total. The zero-order chi connectivity index (χ0) is 9.80. The van der Waals surface area contributed by atoms with Gasteiger partial charge in [0, 0.05) is 0 Å². The maximum Gasteiger partial charge on any atom is 0.142 e. The third kappa shape index (κ3) is 1.77. The lowest BCUT2D eigenvalue weighted by Crippen LogP contribution is -2.04. The van der Waals surface area contributed by atoms with Gasteiger partial charge < -0.3 is 0 Å². The molecule has 0 bridgehead atoms. The molecule has 72 valence electrons. The fourth-order valence-corrected chi connectivity index (χ4v) is 2.11. The van der Waals surface area contributed by atoms with E-state index < -0.39 is 0 Å². The van der Waals surface area contributed by atoms with Gasteiger partial charge in [-0.2, -0.15) is 0 Å². The Bertz CT molecular complexity index is 363. The van der Waals surface area contributed by atoms with Gasteiger partial charge in [0.25, 0.3) is 0 Å². The van der Waals surface area contributed by atoms with Gasteiger partial charge in [0.15, 0.2) is 0 Å². The number of hydrogen-bond acceptors (Lipinski definition) is 1. The van der Waals surface area contributed by atoms with Crippen molar-refractivity contribution >= 4 is 12.4 Å². The summed E-state index contributed by atoms with van der Waals surface area (Å²) >= 11 is 0. The van der Waals surface area contributed by atoms with Crippen LogP contribution in [-0.2, 0) is 17.6 Å². The number of hydrogen-bond donors (Lipinski definition) is 0. The average molecular weight is 186 g/mol. The van der Waals surface area contributed by atoms with Crippen molar-refractivity contribution in [1.82, 2.24) is 0 Å². The van der Waals surface area contributed by atoms with Gasteiger partial charge in [-0.15, -0.1) is 0 Å². The lowest BCUT2D eigenvalue weighted by atomic mass is 9.88. The van der Waals surface area contributed by atoms with E-state index in [9.17, 15) is 4.79 Å². The van der Waals surface area contributed by atoms with Crippen molar-refractivity contribution in [3.8, 4) is 0 Å². The first kappa shape index (κ1) is 9.20. The van der Waals surface area contributed by atoms with Crippen LogP contribution in [0.2, 0.25) is 0 Å². The molecule has 0 atom stereocenters. The predicted molar refractivity (Wildman–Crippen MR) is 58.2 cm³/mol. The normalized spacial score (nSPS) is 15.4. The van der Waals surface area contributed by atoms with Gasteiger partial charge in [-0.1, -0.05) is 24.3 Å². The summed E-state index contributed by atoms with van der Waals surface area (Å²) in [6, 6.07) is 6.37. The highest BCUT2D eigenvalue weighted by molar-refractivity contribution is 5.74. The Morgan fingerprint density at radius 3 is 2.86 bits per heavy atom. The monoisotopic (exact) mass is 186 g/mol. The smallest absolute Gasteiger partial charge is 0.142 e. The van der Waals surface area contributed by atoms with Crippen LogP contribution < -0.4 is 0 Å². The molecule has 0 heterocycles. The Hall–Kier alpha value is -1.37. The van der Waals surface area contributed by atoms with Gasteiger partial charge >= 0.3 is 0 Å². The molecule has 0 saturated carbocycles. The van der Waals surface area contributed by atoms with Crippen molar-refractivity contribution in [3.05, 3.63) is 41.0 Å². The Morgan fingerprint density at radius 1 is 1.14 bits per heavy atom. The molecule has 0 radical (unpaired) electrons. The molecule has 0 unspecified atom stereocenters. The van der Waals surface area contributed by atoms with E-state index in [0.717, 1.165) is 12.7 Å². The minimum Gasteiger partial charge on any atom is -0.299 e. The van der Waals surface area contributed by atoms with E-state index in [4.69, 9.17) is 0 Å². The molecule has 2 rings (SSSR count). The molecule has 0 saturated heterocycles. The SMILES string of the molecule is O=C/C=C/c1cccc2c1CCCC2. The Balaban J connectivity index is 2.39. The first-order valence-electron chi connectivity index (χ1n) is 5.14. The van der Waals surface area contributed by atoms with Gasteiger partial charge in [0.05, 0.1) is 0 Å². The first-order chi connectivity index (χ1) is 6.92. The first-order valence-corrected chi connectivity index (χ1v) is 5.14. The molecule has 1 aromatic carbocycles. The Labute approximate surface area is 84.5 Å². The van der Waals surface area contributed by atoms with Gasteiger partial charge in [-0.3, -0.25) is 4.79 Å². The highest BCUT2D eigenvalue weighted by Crippen LogP contribution is 2.24. The number of benzene rings is 1. The van der Waals surface area contributed by atoms with Crippen LogP contribution in [0, 0.1) is 0 Å². The van der Waals surface area contributed by atoms with Crippen molar-refractivity contribution in [1.29, 1.82) is 0 Å². The van der Waals surface area contributed by atoms with E-state index in [2.05, 4.69) is 18.2 Å². The molecule has 0 amide bonds. The molecular formula is C13H14O. The summed E-state index contributed by atoms with van der Waals surface area (Å²) in [5.41, 5.74) is 4.12. The van der Waals surface area contributed by atoms with Crippen LogP contribution in [0.5, 0.6) is 0 Å². The molecule has 1 aromatic rings. The molecule has 1 aliphatic carbocycles. The summed E-state index contributed by atoms with van der Waals surface area (Å²) in [5, 5.41) is 0. The van der Waals surface area contributed by atoms with Crippen LogP contribution in [0.4, 0.5) is 0 Å². The summed E-state index contributed by atoms with van der Waals surface area (Å²) in [4.78, 5) is 10.3. The number of fused-ring (bicyclic) bond motifs is 1. The van der Waals surface area contributed by atoms with Crippen LogP contribution in [0.15, 0.2) is 24.3 Å². The Kier molecular flexibility index (Phi) is 2.78. The molecule has 1 heteroatoms. The fraction of sp³-hybridized carbons (Fsp3) is 0.308. The minimum absolute atomic E-state index is 0.836. The number of aryl methyl sites for hydroxylation is 1. The van der Waals surface area contributed by atoms with Gasteiger partial charge in [-0.05, 0) is 48.4 Å². The molecule has 1 aliphatic rings. The van der Waals surface area contributed by atoms with Gasteiger partial charge in [0.2, 0.25) is 0 Å². The van der Waals surface area contributed by atoms with Crippen molar-refractivity contribution in [2.45, 2.75) is 25.7 Å². The van der Waals surface area contributed by atoms with E-state index in [0.29, 0.717) is 0 Å². The maximum absolute atomic E-state index is 10.3. The molecule has 0 fully saturated rings. The number of carbonyl (C=O) groups is 1. The standard InChI is InChI=1S/C13H14O/c14-10-4-8-12-7-3-6-11-5-1-2-9-13(11)12/h3-4,6-8,10H,1-2,5,9H2/b8-4+. The summed E-state index contributed by atoms with van der Waals surface area (Å²) in [6.07, 6.45) is 9.25. The second kappa shape index (κ2) is 4.23. The van der Waals surface area contributed by atoms with E-state index in [1.165, 1.54) is 36.0 Å². The summed E-state index contributed by atoms with van der Waals surface area (Å²) < 4.78 is 0. The fourth-order valence-electron chi connectivity index (χ4n) is 2.11. The van der Waals surface area contributed by atoms with Crippen LogP contribution in [-0.4, -0.2) is 6.29 Å². The van der Waals surface area contributed by atoms with Crippen LogP contribution in [0.3, 0.4) is 0 Å². The lowest BCUT2D eigenvalue weighted by molar-refractivity contribution is -0.104. The number of aldehydes is 1. The number of allylic oxidation sites excluding steroid dienone is 1. The average Bonchev–Trinajstić information content (AvgIpc) is 2.26. The highest BCUT2D eigenvalue weighted by atomic mass is 16.1. The molecule has 14 heavy (non-hydrogen) atoms. The van der Waals surface area contributed by atoms with Crippen molar-refractivity contribution in [3.63, 3.8) is 0 Å². The topological polar surface area (TPSA) is 17.1 Å². The zero-order valence-corrected chi connectivity index (χ0v) is 8.20. The number of rotatable bonds is 2. The van der Waals surface area contributed by atoms with E-state index in [1.54, 1.807) is 6.08 Å². The zero-order valence-electron chi connectivity index (χ0n) is 8.20. The van der Waals surface area contributed by atoms with Gasteiger partial charge in [-0.25, -0.2) is 0 Å². The van der Waals surface area contributed by atoms with Gasteiger partial charge in [0.1, 0.15) is 6.29 Å². The Morgan fingerprint density at radius 2 is 2.00 bits per heavy atom. The third-order valence-electron chi connectivity index (χ3n) is 2.79. The second-order valence-electron chi connectivity index (χ2n) is 3.69. The van der Waals surface area contributed by atoms with Crippen molar-refractivity contribution in [2.75, 3.05) is 0 Å². The highest BCUT2D eigenvalue weighted by Gasteiger charge is 2.10. The molecule has 0 aliphatic heterocycles. The molecule has 0 spiro atoms. The largest absolute Gasteiger partial charge is 0.299 e. The van der Waals surface area contributed by atoms with Crippen LogP contribution in [0.25, 0.3) is 6.08 Å². The van der Waals surface area contributed by atoms with Crippen LogP contribution in [0.1, 0.15) is 29.5 Å². The third-order valence-corrected chi connectivity index (χ3v) is 2.79. The van der Waals surface area contributed by atoms with Crippen molar-refractivity contribution < 1.29 is 4.79 Å². The summed E-state index contributed by atoms with van der Waals surface area (Å²) in [7, 11) is 0. The van der Waals surface area contributed by atoms with E-state index in [-0.39, 0.29) is 0 Å². The van der Waals surface area contributed by atoms with E-state index >= 15 is 0 Å².